The van der Waals surface area contributed by atoms with Gasteiger partial charge in [0, 0.05) is 12.7 Å². The zero-order chi connectivity index (χ0) is 20.8. The Hall–Kier alpha value is -3.80. The second kappa shape index (κ2) is 9.13. The Morgan fingerprint density at radius 1 is 0.933 bits per heavy atom. The molecule has 0 unspecified atom stereocenters. The van der Waals surface area contributed by atoms with Crippen LogP contribution in [0.4, 0.5) is 17.1 Å². The molecular weight excluding hydrogens is 376 g/mol. The molecule has 0 bridgehead atoms. The zero-order valence-corrected chi connectivity index (χ0v) is 17.1. The molecule has 4 aromatic rings. The lowest BCUT2D eigenvalue weighted by atomic mass is 10.2. The van der Waals surface area contributed by atoms with Gasteiger partial charge in [-0.05, 0) is 43.3 Å². The van der Waals surface area contributed by atoms with Gasteiger partial charge in [0.1, 0.15) is 5.75 Å². The van der Waals surface area contributed by atoms with Gasteiger partial charge in [-0.15, -0.1) is 0 Å². The second-order valence-corrected chi connectivity index (χ2v) is 6.71. The Labute approximate surface area is 176 Å². The average Bonchev–Trinajstić information content (AvgIpc) is 3.27. The number of para-hydroxylation sites is 4. The van der Waals surface area contributed by atoms with E-state index >= 15 is 0 Å². The molecule has 1 N–H and O–H groups in total. The summed E-state index contributed by atoms with van der Waals surface area (Å²) in [6.07, 6.45) is 0. The molecule has 3 aromatic carbocycles. The molecule has 0 spiro atoms. The van der Waals surface area contributed by atoms with Crippen LogP contribution in [0, 0.1) is 0 Å². The summed E-state index contributed by atoms with van der Waals surface area (Å²) in [5.41, 5.74) is 3.97. The van der Waals surface area contributed by atoms with E-state index in [-0.39, 0.29) is 0 Å². The maximum Gasteiger partial charge on any atom is 0.246 e. The van der Waals surface area contributed by atoms with Crippen molar-refractivity contribution < 1.29 is 9.26 Å². The number of nitrogens with one attached hydrogen (secondary N) is 1. The molecule has 0 aliphatic heterocycles. The smallest absolute Gasteiger partial charge is 0.246 e. The van der Waals surface area contributed by atoms with Crippen LogP contribution in [0.1, 0.15) is 12.8 Å². The third-order valence-electron chi connectivity index (χ3n) is 4.73. The Morgan fingerprint density at radius 3 is 2.50 bits per heavy atom. The van der Waals surface area contributed by atoms with Crippen molar-refractivity contribution in [3.8, 4) is 17.1 Å². The fraction of sp³-hybridized carbons (Fsp3) is 0.167. The van der Waals surface area contributed by atoms with Gasteiger partial charge in [0.15, 0.2) is 0 Å². The molecule has 4 rings (SSSR count). The number of nitrogens with zero attached hydrogens (tertiary/aromatic N) is 3. The monoisotopic (exact) mass is 400 g/mol. The second-order valence-electron chi connectivity index (χ2n) is 6.71. The number of ether oxygens (including phenoxy) is 1. The molecule has 0 radical (unpaired) electrons. The maximum absolute atomic E-state index is 5.67. The van der Waals surface area contributed by atoms with E-state index in [9.17, 15) is 0 Å². The van der Waals surface area contributed by atoms with Crippen molar-refractivity contribution in [2.45, 2.75) is 13.5 Å². The molecular formula is C24H24N4O2. The van der Waals surface area contributed by atoms with Crippen molar-refractivity contribution in [2.24, 2.45) is 0 Å². The van der Waals surface area contributed by atoms with Crippen LogP contribution in [0.15, 0.2) is 83.4 Å². The molecule has 0 fully saturated rings. The van der Waals surface area contributed by atoms with E-state index < -0.39 is 0 Å². The predicted molar refractivity (Wildman–Crippen MR) is 119 cm³/mol. The van der Waals surface area contributed by atoms with Gasteiger partial charge in [-0.2, -0.15) is 4.98 Å². The van der Waals surface area contributed by atoms with E-state index in [2.05, 4.69) is 38.6 Å². The van der Waals surface area contributed by atoms with E-state index in [1.807, 2.05) is 74.6 Å². The Balaban J connectivity index is 1.51. The first kappa shape index (κ1) is 19.5. The molecule has 0 aliphatic carbocycles. The molecule has 0 saturated carbocycles. The predicted octanol–water partition coefficient (Wildman–Crippen LogP) is 5.52. The number of hydrogen-bond donors (Lipinski definition) is 1. The molecule has 0 amide bonds. The van der Waals surface area contributed by atoms with Crippen LogP contribution in [0.5, 0.6) is 5.75 Å². The van der Waals surface area contributed by atoms with Gasteiger partial charge in [0.05, 0.1) is 30.1 Å². The van der Waals surface area contributed by atoms with Crippen LogP contribution in [0.25, 0.3) is 11.4 Å². The number of benzene rings is 3. The van der Waals surface area contributed by atoms with Gasteiger partial charge >= 0.3 is 0 Å². The summed E-state index contributed by atoms with van der Waals surface area (Å²) >= 11 is 0. The molecule has 0 atom stereocenters. The number of aromatic nitrogens is 2. The molecule has 0 saturated heterocycles. The van der Waals surface area contributed by atoms with Crippen LogP contribution in [-0.2, 0) is 6.54 Å². The highest BCUT2D eigenvalue weighted by Crippen LogP contribution is 2.31. The lowest BCUT2D eigenvalue weighted by molar-refractivity contribution is 0.341. The van der Waals surface area contributed by atoms with E-state index in [1.165, 1.54) is 0 Å². The number of hydrogen-bond acceptors (Lipinski definition) is 6. The van der Waals surface area contributed by atoms with E-state index in [0.717, 1.165) is 28.4 Å². The van der Waals surface area contributed by atoms with Gasteiger partial charge in [0.25, 0.3) is 0 Å². The van der Waals surface area contributed by atoms with Gasteiger partial charge in [-0.3, -0.25) is 0 Å². The quantitative estimate of drug-likeness (QED) is 0.420. The number of anilines is 3. The third-order valence-corrected chi connectivity index (χ3v) is 4.73. The highest BCUT2D eigenvalue weighted by molar-refractivity contribution is 5.76. The zero-order valence-electron chi connectivity index (χ0n) is 17.1. The van der Waals surface area contributed by atoms with Gasteiger partial charge in [0.2, 0.25) is 11.7 Å². The topological polar surface area (TPSA) is 63.4 Å². The normalized spacial score (nSPS) is 10.6. The van der Waals surface area contributed by atoms with Crippen molar-refractivity contribution >= 4 is 17.1 Å². The van der Waals surface area contributed by atoms with Gasteiger partial charge < -0.3 is 19.5 Å². The van der Waals surface area contributed by atoms with Crippen molar-refractivity contribution in [3.05, 3.63) is 84.8 Å². The highest BCUT2D eigenvalue weighted by atomic mass is 16.5. The maximum atomic E-state index is 5.67. The largest absolute Gasteiger partial charge is 0.493 e. The molecule has 1 heterocycles. The minimum Gasteiger partial charge on any atom is -0.493 e. The minimum atomic E-state index is 0.420. The van der Waals surface area contributed by atoms with Crippen molar-refractivity contribution in [3.63, 3.8) is 0 Å². The first-order valence-corrected chi connectivity index (χ1v) is 9.92. The summed E-state index contributed by atoms with van der Waals surface area (Å²) in [6, 6.07) is 26.1. The van der Waals surface area contributed by atoms with Gasteiger partial charge in [-0.1, -0.05) is 47.6 Å². The molecule has 6 heteroatoms. The lowest BCUT2D eigenvalue weighted by Crippen LogP contribution is -2.12. The fourth-order valence-corrected chi connectivity index (χ4v) is 3.25. The van der Waals surface area contributed by atoms with E-state index in [0.29, 0.717) is 24.9 Å². The molecule has 0 aliphatic rings. The number of rotatable bonds is 8. The van der Waals surface area contributed by atoms with E-state index in [4.69, 9.17) is 9.26 Å². The molecule has 6 nitrogen and oxygen atoms in total. The summed E-state index contributed by atoms with van der Waals surface area (Å²) in [4.78, 5) is 6.68. The average molecular weight is 400 g/mol. The molecule has 30 heavy (non-hydrogen) atoms. The van der Waals surface area contributed by atoms with Crippen LogP contribution in [0.3, 0.4) is 0 Å². The summed E-state index contributed by atoms with van der Waals surface area (Å²) in [6.45, 7) is 2.95. The Morgan fingerprint density at radius 2 is 1.67 bits per heavy atom. The van der Waals surface area contributed by atoms with E-state index in [1.54, 1.807) is 0 Å². The summed E-state index contributed by atoms with van der Waals surface area (Å²) < 4.78 is 11.1. The highest BCUT2D eigenvalue weighted by Gasteiger charge is 2.14. The first-order valence-electron chi connectivity index (χ1n) is 9.92. The summed E-state index contributed by atoms with van der Waals surface area (Å²) in [5.74, 6) is 1.77. The summed E-state index contributed by atoms with van der Waals surface area (Å²) in [7, 11) is 2.05. The lowest BCUT2D eigenvalue weighted by Gasteiger charge is -2.22. The SMILES string of the molecule is CCOc1ccccc1-c1noc(CNc2ccccc2N(C)c2ccccc2)n1. The van der Waals surface area contributed by atoms with Crippen LogP contribution in [0.2, 0.25) is 0 Å². The van der Waals surface area contributed by atoms with Crippen molar-refractivity contribution in [1.29, 1.82) is 0 Å². The van der Waals surface area contributed by atoms with Crippen molar-refractivity contribution in [2.75, 3.05) is 23.9 Å². The molecule has 1 aromatic heterocycles. The van der Waals surface area contributed by atoms with Gasteiger partial charge in [-0.25, -0.2) is 0 Å². The van der Waals surface area contributed by atoms with Crippen LogP contribution in [-0.4, -0.2) is 23.8 Å². The van der Waals surface area contributed by atoms with Crippen LogP contribution < -0.4 is 15.0 Å². The summed E-state index contributed by atoms with van der Waals surface area (Å²) in [5, 5.41) is 7.55. The Kier molecular flexibility index (Phi) is 5.94. The minimum absolute atomic E-state index is 0.420. The Bertz CT molecular complexity index is 1100. The molecule has 152 valence electrons. The van der Waals surface area contributed by atoms with Crippen LogP contribution >= 0.6 is 0 Å². The van der Waals surface area contributed by atoms with Crippen molar-refractivity contribution in [1.82, 2.24) is 10.1 Å². The standard InChI is InChI=1S/C24H24N4O2/c1-3-29-22-16-10-7-13-19(22)24-26-23(30-27-24)17-25-20-14-8-9-15-21(20)28(2)18-11-5-4-6-12-18/h4-16,25H,3,17H2,1-2H3. The first-order chi connectivity index (χ1) is 14.8. The third kappa shape index (κ3) is 4.27. The fourth-order valence-electron chi connectivity index (χ4n) is 3.25.